The van der Waals surface area contributed by atoms with Crippen LogP contribution in [-0.2, 0) is 21.1 Å². The molecule has 0 radical (unpaired) electrons. The molecule has 0 atom stereocenters. The zero-order valence-electron chi connectivity index (χ0n) is 19.0. The number of H-pyrrole nitrogens is 1. The highest BCUT2D eigenvalue weighted by atomic mass is 32.2. The van der Waals surface area contributed by atoms with Gasteiger partial charge >= 0.3 is 4.87 Å². The van der Waals surface area contributed by atoms with Crippen molar-refractivity contribution in [1.82, 2.24) is 15.4 Å². The lowest BCUT2D eigenvalue weighted by Gasteiger charge is -2.12. The Labute approximate surface area is 211 Å². The molecule has 0 unspecified atom stereocenters. The molecule has 0 amide bonds. The van der Waals surface area contributed by atoms with Crippen molar-refractivity contribution >= 4 is 26.9 Å². The second-order valence-corrected chi connectivity index (χ2v) is 10.5. The molecule has 9 nitrogen and oxygen atoms in total. The van der Waals surface area contributed by atoms with E-state index in [1.807, 2.05) is 12.1 Å². The molecule has 0 saturated carbocycles. The summed E-state index contributed by atoms with van der Waals surface area (Å²) in [5, 5.41) is 9.68. The minimum atomic E-state index is -3.69. The third kappa shape index (κ3) is 6.19. The lowest BCUT2D eigenvalue weighted by Crippen LogP contribution is -2.17. The van der Waals surface area contributed by atoms with E-state index in [-0.39, 0.29) is 33.9 Å². The average molecular weight is 526 g/mol. The number of pyridine rings is 1. The molecule has 4 aromatic rings. The largest absolute Gasteiger partial charge is 0.494 e. The van der Waals surface area contributed by atoms with Crippen LogP contribution in [0.5, 0.6) is 11.6 Å². The smallest absolute Gasteiger partial charge is 0.307 e. The van der Waals surface area contributed by atoms with E-state index in [9.17, 15) is 18.3 Å². The summed E-state index contributed by atoms with van der Waals surface area (Å²) in [6, 6.07) is 18.3. The van der Waals surface area contributed by atoms with Gasteiger partial charge in [0.15, 0.2) is 5.03 Å². The second kappa shape index (κ2) is 11.2. The molecule has 11 heteroatoms. The summed E-state index contributed by atoms with van der Waals surface area (Å²) < 4.78 is 30.9. The van der Waals surface area contributed by atoms with E-state index in [4.69, 9.17) is 9.57 Å². The number of aromatic hydroxyl groups is 1. The normalized spacial score (nSPS) is 11.2. The number of ether oxygens (including phenoxy) is 1. The van der Waals surface area contributed by atoms with Gasteiger partial charge in [-0.25, -0.2) is 13.4 Å². The lowest BCUT2D eigenvalue weighted by atomic mass is 10.1. The average Bonchev–Trinajstić information content (AvgIpc) is 3.21. The van der Waals surface area contributed by atoms with Gasteiger partial charge in [0, 0.05) is 12.6 Å². The van der Waals surface area contributed by atoms with Gasteiger partial charge in [0.25, 0.3) is 0 Å². The molecular formula is C25H23N3O6S2. The van der Waals surface area contributed by atoms with E-state index in [0.29, 0.717) is 28.3 Å². The van der Waals surface area contributed by atoms with Crippen molar-refractivity contribution in [3.63, 3.8) is 0 Å². The van der Waals surface area contributed by atoms with Crippen molar-refractivity contribution in [2.75, 3.05) is 13.2 Å². The fourth-order valence-corrected chi connectivity index (χ4v) is 5.17. The number of aromatic nitrogens is 2. The highest BCUT2D eigenvalue weighted by Crippen LogP contribution is 2.22. The zero-order chi connectivity index (χ0) is 25.5. The Morgan fingerprint density at radius 1 is 1.06 bits per heavy atom. The van der Waals surface area contributed by atoms with Crippen molar-refractivity contribution in [3.8, 4) is 11.6 Å². The molecular weight excluding hydrogens is 502 g/mol. The summed E-state index contributed by atoms with van der Waals surface area (Å²) in [7, 11) is -3.69. The number of sulfone groups is 1. The molecule has 4 rings (SSSR count). The molecule has 2 aromatic heterocycles. The predicted octanol–water partition coefficient (Wildman–Crippen LogP) is 3.53. The van der Waals surface area contributed by atoms with Crippen LogP contribution in [0.1, 0.15) is 16.0 Å². The third-order valence-corrected chi connectivity index (χ3v) is 7.62. The first-order chi connectivity index (χ1) is 17.3. The second-order valence-electron chi connectivity index (χ2n) is 7.58. The Kier molecular flexibility index (Phi) is 7.84. The van der Waals surface area contributed by atoms with Gasteiger partial charge in [-0.15, -0.1) is 0 Å². The van der Waals surface area contributed by atoms with Crippen LogP contribution in [0.2, 0.25) is 0 Å². The number of aromatic amines is 1. The van der Waals surface area contributed by atoms with Gasteiger partial charge in [0.05, 0.1) is 15.5 Å². The van der Waals surface area contributed by atoms with E-state index in [1.165, 1.54) is 24.4 Å². The van der Waals surface area contributed by atoms with Crippen LogP contribution in [0.3, 0.4) is 0 Å². The fourth-order valence-electron chi connectivity index (χ4n) is 3.22. The number of thiazole rings is 1. The van der Waals surface area contributed by atoms with Crippen molar-refractivity contribution in [1.29, 1.82) is 0 Å². The minimum Gasteiger partial charge on any atom is -0.494 e. The van der Waals surface area contributed by atoms with Crippen molar-refractivity contribution in [3.05, 3.63) is 105 Å². The lowest BCUT2D eigenvalue weighted by molar-refractivity contribution is 0.0541. The summed E-state index contributed by atoms with van der Waals surface area (Å²) in [6.07, 6.45) is 1.88. The number of nitrogens with zero attached hydrogens (tertiary/aromatic N) is 1. The maximum absolute atomic E-state index is 12.6. The standard InChI is InChI=1S/C25H23N3O6S2/c1-17(19-7-11-21(12-8-19)36(31,32)23-4-2-3-13-26-23)28-34-15-14-33-20-9-5-18(6-10-20)16-22-24(29)27-25(30)35-22/h2-13,28-29H,1,14-16H2,(H,27,30). The van der Waals surface area contributed by atoms with Crippen molar-refractivity contribution in [2.24, 2.45) is 0 Å². The number of hydroxylamine groups is 1. The topological polar surface area (TPSA) is 131 Å². The molecule has 2 heterocycles. The first-order valence-electron chi connectivity index (χ1n) is 10.8. The zero-order valence-corrected chi connectivity index (χ0v) is 20.6. The highest BCUT2D eigenvalue weighted by Gasteiger charge is 2.18. The molecule has 0 aliphatic rings. The molecule has 3 N–H and O–H groups in total. The van der Waals surface area contributed by atoms with Gasteiger partial charge in [-0.2, -0.15) is 0 Å². The number of benzene rings is 2. The van der Waals surface area contributed by atoms with Crippen LogP contribution in [-0.4, -0.2) is 36.7 Å². The summed E-state index contributed by atoms with van der Waals surface area (Å²) in [5.41, 5.74) is 4.80. The maximum atomic E-state index is 12.6. The maximum Gasteiger partial charge on any atom is 0.307 e. The first kappa shape index (κ1) is 25.2. The van der Waals surface area contributed by atoms with E-state index >= 15 is 0 Å². The highest BCUT2D eigenvalue weighted by molar-refractivity contribution is 7.91. The van der Waals surface area contributed by atoms with E-state index in [1.54, 1.807) is 36.4 Å². The molecule has 0 bridgehead atoms. The van der Waals surface area contributed by atoms with Crippen molar-refractivity contribution in [2.45, 2.75) is 16.3 Å². The Balaban J connectivity index is 1.21. The Bertz CT molecular complexity index is 1480. The Morgan fingerprint density at radius 2 is 1.81 bits per heavy atom. The van der Waals surface area contributed by atoms with Crippen molar-refractivity contribution < 1.29 is 23.1 Å². The number of hydrogen-bond acceptors (Lipinski definition) is 9. The van der Waals surface area contributed by atoms with Gasteiger partial charge in [-0.1, -0.05) is 48.2 Å². The molecule has 186 valence electrons. The van der Waals surface area contributed by atoms with Gasteiger partial charge in [0.1, 0.15) is 19.0 Å². The molecule has 0 aliphatic heterocycles. The van der Waals surface area contributed by atoms with Gasteiger partial charge in [-0.3, -0.25) is 20.1 Å². The van der Waals surface area contributed by atoms with Gasteiger partial charge in [-0.05, 0) is 47.5 Å². The predicted molar refractivity (Wildman–Crippen MR) is 136 cm³/mol. The minimum absolute atomic E-state index is 0.00836. The van der Waals surface area contributed by atoms with E-state index in [0.717, 1.165) is 16.9 Å². The van der Waals surface area contributed by atoms with Crippen LogP contribution in [0.4, 0.5) is 0 Å². The number of rotatable bonds is 11. The van der Waals surface area contributed by atoms with Crippen LogP contribution in [0.25, 0.3) is 5.70 Å². The van der Waals surface area contributed by atoms with E-state index < -0.39 is 9.84 Å². The fraction of sp³-hybridized carbons (Fsp3) is 0.120. The SMILES string of the molecule is C=C(NOCCOc1ccc(Cc2sc(=O)[nH]c2O)cc1)c1ccc(S(=O)(=O)c2ccccn2)cc1. The molecule has 0 aliphatic carbocycles. The molecule has 0 saturated heterocycles. The molecule has 36 heavy (non-hydrogen) atoms. The third-order valence-electron chi connectivity index (χ3n) is 5.06. The summed E-state index contributed by atoms with van der Waals surface area (Å²) in [4.78, 5) is 23.4. The number of hydrogen-bond donors (Lipinski definition) is 3. The van der Waals surface area contributed by atoms with Gasteiger partial charge < -0.3 is 9.84 Å². The summed E-state index contributed by atoms with van der Waals surface area (Å²) in [6.45, 7) is 4.42. The van der Waals surface area contributed by atoms with Gasteiger partial charge in [0.2, 0.25) is 15.7 Å². The monoisotopic (exact) mass is 525 g/mol. The van der Waals surface area contributed by atoms with E-state index in [2.05, 4.69) is 22.0 Å². The Morgan fingerprint density at radius 3 is 2.44 bits per heavy atom. The molecule has 0 spiro atoms. The first-order valence-corrected chi connectivity index (χ1v) is 13.1. The van der Waals surface area contributed by atoms with Crippen LogP contribution < -0.4 is 15.1 Å². The van der Waals surface area contributed by atoms with Crippen LogP contribution in [0.15, 0.2) is 94.2 Å². The Hall–Kier alpha value is -3.93. The summed E-state index contributed by atoms with van der Waals surface area (Å²) in [5.74, 6) is 0.555. The molecule has 0 fully saturated rings. The quantitative estimate of drug-likeness (QED) is 0.200. The van der Waals surface area contributed by atoms with Crippen LogP contribution >= 0.6 is 11.3 Å². The summed E-state index contributed by atoms with van der Waals surface area (Å²) >= 11 is 0.982. The molecule has 2 aromatic carbocycles. The number of nitrogens with one attached hydrogen (secondary N) is 2. The van der Waals surface area contributed by atoms with Crippen LogP contribution in [0, 0.1) is 0 Å².